The van der Waals surface area contributed by atoms with E-state index in [-0.39, 0.29) is 0 Å². The lowest BCUT2D eigenvalue weighted by atomic mass is 10.6. The standard InChI is InChI=1S/C9H10ClN5S/c1-5-11-7(10)4-8(12-5)16-9-14-13-6(2)15(9)3/h4H,1-3H3. The summed E-state index contributed by atoms with van der Waals surface area (Å²) >= 11 is 7.27. The summed E-state index contributed by atoms with van der Waals surface area (Å²) in [4.78, 5) is 8.27. The van der Waals surface area contributed by atoms with Crippen molar-refractivity contribution >= 4 is 23.4 Å². The molecule has 0 fully saturated rings. The smallest absolute Gasteiger partial charge is 0.197 e. The molecule has 0 aliphatic rings. The second-order valence-corrected chi connectivity index (χ2v) is 4.64. The topological polar surface area (TPSA) is 56.5 Å². The molecule has 16 heavy (non-hydrogen) atoms. The van der Waals surface area contributed by atoms with Crippen molar-refractivity contribution < 1.29 is 0 Å². The minimum absolute atomic E-state index is 0.439. The third-order valence-corrected chi connectivity index (χ3v) is 3.18. The Morgan fingerprint density at radius 1 is 1.25 bits per heavy atom. The number of hydrogen-bond acceptors (Lipinski definition) is 5. The summed E-state index contributed by atoms with van der Waals surface area (Å²) in [6, 6.07) is 1.71. The molecule has 0 N–H and O–H groups in total. The van der Waals surface area contributed by atoms with Crippen molar-refractivity contribution in [3.05, 3.63) is 22.9 Å². The molecule has 0 atom stereocenters. The highest BCUT2D eigenvalue weighted by atomic mass is 35.5. The summed E-state index contributed by atoms with van der Waals surface area (Å²) in [5.41, 5.74) is 0. The molecular weight excluding hydrogens is 246 g/mol. The maximum Gasteiger partial charge on any atom is 0.197 e. The molecule has 0 radical (unpaired) electrons. The van der Waals surface area contributed by atoms with E-state index in [4.69, 9.17) is 11.6 Å². The predicted molar refractivity (Wildman–Crippen MR) is 61.6 cm³/mol. The number of hydrogen-bond donors (Lipinski definition) is 0. The van der Waals surface area contributed by atoms with Crippen LogP contribution >= 0.6 is 23.4 Å². The van der Waals surface area contributed by atoms with Crippen LogP contribution in [0.1, 0.15) is 11.6 Å². The summed E-state index contributed by atoms with van der Waals surface area (Å²) in [5.74, 6) is 1.51. The fourth-order valence-electron chi connectivity index (χ4n) is 1.13. The maximum atomic E-state index is 5.85. The van der Waals surface area contributed by atoms with Gasteiger partial charge >= 0.3 is 0 Å². The summed E-state index contributed by atoms with van der Waals surface area (Å²) in [7, 11) is 1.91. The Morgan fingerprint density at radius 2 is 2.00 bits per heavy atom. The molecule has 84 valence electrons. The Bertz CT molecular complexity index is 504. The number of halogens is 1. The van der Waals surface area contributed by atoms with Crippen molar-refractivity contribution in [3.63, 3.8) is 0 Å². The summed E-state index contributed by atoms with van der Waals surface area (Å²) in [6.45, 7) is 3.70. The molecule has 0 spiro atoms. The van der Waals surface area contributed by atoms with E-state index in [0.29, 0.717) is 11.0 Å². The van der Waals surface area contributed by atoms with E-state index >= 15 is 0 Å². The Hall–Kier alpha value is -1.14. The van der Waals surface area contributed by atoms with Crippen molar-refractivity contribution in [3.8, 4) is 0 Å². The van der Waals surface area contributed by atoms with Crippen LogP contribution in [0.25, 0.3) is 0 Å². The van der Waals surface area contributed by atoms with Gasteiger partial charge in [-0.05, 0) is 25.6 Å². The van der Waals surface area contributed by atoms with Crippen molar-refractivity contribution in [1.82, 2.24) is 24.7 Å². The van der Waals surface area contributed by atoms with E-state index in [1.54, 1.807) is 13.0 Å². The number of aromatic nitrogens is 5. The lowest BCUT2D eigenvalue weighted by Crippen LogP contribution is -1.95. The lowest BCUT2D eigenvalue weighted by Gasteiger charge is -2.02. The van der Waals surface area contributed by atoms with Gasteiger partial charge in [0.15, 0.2) is 5.16 Å². The molecular formula is C9H10ClN5S. The zero-order chi connectivity index (χ0) is 11.7. The average Bonchev–Trinajstić information content (AvgIpc) is 2.48. The van der Waals surface area contributed by atoms with E-state index in [1.807, 2.05) is 18.5 Å². The van der Waals surface area contributed by atoms with Crippen molar-refractivity contribution in [1.29, 1.82) is 0 Å². The van der Waals surface area contributed by atoms with Gasteiger partial charge in [0.05, 0.1) is 0 Å². The normalized spacial score (nSPS) is 10.8. The van der Waals surface area contributed by atoms with E-state index in [9.17, 15) is 0 Å². The molecule has 0 saturated heterocycles. The summed E-state index contributed by atoms with van der Waals surface area (Å²) < 4.78 is 1.90. The summed E-state index contributed by atoms with van der Waals surface area (Å²) in [5, 5.41) is 10.0. The molecule has 0 aliphatic carbocycles. The fraction of sp³-hybridized carbons (Fsp3) is 0.333. The van der Waals surface area contributed by atoms with E-state index < -0.39 is 0 Å². The first-order valence-corrected chi connectivity index (χ1v) is 5.81. The van der Waals surface area contributed by atoms with Gasteiger partial charge in [-0.15, -0.1) is 10.2 Å². The van der Waals surface area contributed by atoms with Crippen LogP contribution in [0.3, 0.4) is 0 Å². The van der Waals surface area contributed by atoms with Crippen LogP contribution in [-0.2, 0) is 7.05 Å². The SMILES string of the molecule is Cc1nc(Cl)cc(Sc2nnc(C)n2C)n1. The molecule has 2 aromatic rings. The quantitative estimate of drug-likeness (QED) is 0.769. The molecule has 0 amide bonds. The van der Waals surface area contributed by atoms with Gasteiger partial charge < -0.3 is 4.57 Å². The van der Waals surface area contributed by atoms with Gasteiger partial charge in [-0.25, -0.2) is 9.97 Å². The van der Waals surface area contributed by atoms with Crippen LogP contribution in [0, 0.1) is 13.8 Å². The largest absolute Gasteiger partial charge is 0.309 e. The van der Waals surface area contributed by atoms with Crippen molar-refractivity contribution in [2.75, 3.05) is 0 Å². The van der Waals surface area contributed by atoms with Gasteiger partial charge in [-0.2, -0.15) is 0 Å². The van der Waals surface area contributed by atoms with Gasteiger partial charge in [0.2, 0.25) is 0 Å². The highest BCUT2D eigenvalue weighted by Gasteiger charge is 2.09. The minimum atomic E-state index is 0.439. The molecule has 7 heteroatoms. The lowest BCUT2D eigenvalue weighted by molar-refractivity contribution is 0.764. The fourth-order valence-corrected chi connectivity index (χ4v) is 2.30. The van der Waals surface area contributed by atoms with E-state index in [1.165, 1.54) is 11.8 Å². The molecule has 0 bridgehead atoms. The Morgan fingerprint density at radius 3 is 2.56 bits per heavy atom. The summed E-state index contributed by atoms with van der Waals surface area (Å²) in [6.07, 6.45) is 0. The molecule has 0 aliphatic heterocycles. The Kier molecular flexibility index (Phi) is 3.11. The Balaban J connectivity index is 2.30. The molecule has 0 unspecified atom stereocenters. The number of rotatable bonds is 2. The first-order valence-electron chi connectivity index (χ1n) is 4.61. The zero-order valence-corrected chi connectivity index (χ0v) is 10.7. The molecule has 0 aromatic carbocycles. The minimum Gasteiger partial charge on any atom is -0.309 e. The molecule has 2 rings (SSSR count). The predicted octanol–water partition coefficient (Wildman–Crippen LogP) is 2.03. The van der Waals surface area contributed by atoms with Crippen LogP contribution in [0.5, 0.6) is 0 Å². The monoisotopic (exact) mass is 255 g/mol. The van der Waals surface area contributed by atoms with Gasteiger partial charge in [-0.1, -0.05) is 11.6 Å². The highest BCUT2D eigenvalue weighted by molar-refractivity contribution is 7.99. The molecule has 2 heterocycles. The molecule has 0 saturated carbocycles. The first-order chi connectivity index (χ1) is 7.56. The second kappa shape index (κ2) is 4.39. The van der Waals surface area contributed by atoms with Gasteiger partial charge in [-0.3, -0.25) is 0 Å². The van der Waals surface area contributed by atoms with Crippen LogP contribution in [-0.4, -0.2) is 24.7 Å². The molecule has 2 aromatic heterocycles. The van der Waals surface area contributed by atoms with Crippen LogP contribution in [0.15, 0.2) is 16.2 Å². The van der Waals surface area contributed by atoms with Crippen LogP contribution < -0.4 is 0 Å². The van der Waals surface area contributed by atoms with Crippen molar-refractivity contribution in [2.45, 2.75) is 24.0 Å². The number of aryl methyl sites for hydroxylation is 2. The van der Waals surface area contributed by atoms with Gasteiger partial charge in [0.1, 0.15) is 21.8 Å². The third-order valence-electron chi connectivity index (χ3n) is 2.03. The first kappa shape index (κ1) is 11.3. The average molecular weight is 256 g/mol. The van der Waals surface area contributed by atoms with Gasteiger partial charge in [0.25, 0.3) is 0 Å². The second-order valence-electron chi connectivity index (χ2n) is 3.27. The van der Waals surface area contributed by atoms with Crippen LogP contribution in [0.2, 0.25) is 5.15 Å². The molecule has 5 nitrogen and oxygen atoms in total. The van der Waals surface area contributed by atoms with Crippen LogP contribution in [0.4, 0.5) is 0 Å². The maximum absolute atomic E-state index is 5.85. The van der Waals surface area contributed by atoms with Crippen molar-refractivity contribution in [2.24, 2.45) is 7.05 Å². The van der Waals surface area contributed by atoms with E-state index in [2.05, 4.69) is 20.2 Å². The van der Waals surface area contributed by atoms with Gasteiger partial charge in [0, 0.05) is 13.1 Å². The Labute approximate surface area is 102 Å². The zero-order valence-electron chi connectivity index (χ0n) is 9.10. The third kappa shape index (κ3) is 2.33. The highest BCUT2D eigenvalue weighted by Crippen LogP contribution is 2.25. The van der Waals surface area contributed by atoms with E-state index in [0.717, 1.165) is 16.0 Å². The number of nitrogens with zero attached hydrogens (tertiary/aromatic N) is 5.